The van der Waals surface area contributed by atoms with Crippen molar-refractivity contribution in [2.75, 3.05) is 6.61 Å². The molecule has 2 heterocycles. The van der Waals surface area contributed by atoms with Crippen LogP contribution in [0.25, 0.3) is 11.3 Å². The highest BCUT2D eigenvalue weighted by molar-refractivity contribution is 5.99. The average Bonchev–Trinajstić information content (AvgIpc) is 3.31. The van der Waals surface area contributed by atoms with E-state index in [9.17, 15) is 4.79 Å². The first kappa shape index (κ1) is 20.2. The van der Waals surface area contributed by atoms with Gasteiger partial charge in [0.2, 0.25) is 5.88 Å². The van der Waals surface area contributed by atoms with E-state index in [1.807, 2.05) is 67.6 Å². The molecule has 156 valence electrons. The van der Waals surface area contributed by atoms with Crippen molar-refractivity contribution in [1.29, 1.82) is 0 Å². The Morgan fingerprint density at radius 2 is 1.74 bits per heavy atom. The average molecular weight is 414 g/mol. The number of hydrogen-bond donors (Lipinski definition) is 2. The Bertz CT molecular complexity index is 1140. The van der Waals surface area contributed by atoms with Crippen molar-refractivity contribution in [3.05, 3.63) is 90.3 Å². The van der Waals surface area contributed by atoms with E-state index in [4.69, 9.17) is 9.47 Å². The molecule has 2 N–H and O–H groups in total. The molecule has 2 aromatic heterocycles. The minimum absolute atomic E-state index is 0.210. The number of nitrogens with zero attached hydrogens (tertiary/aromatic N) is 2. The van der Waals surface area contributed by atoms with Gasteiger partial charge >= 0.3 is 0 Å². The van der Waals surface area contributed by atoms with Crippen molar-refractivity contribution in [2.24, 2.45) is 0 Å². The summed E-state index contributed by atoms with van der Waals surface area (Å²) in [6.45, 7) is 2.81. The molecule has 31 heavy (non-hydrogen) atoms. The second kappa shape index (κ2) is 9.58. The highest BCUT2D eigenvalue weighted by Crippen LogP contribution is 2.30. The lowest BCUT2D eigenvalue weighted by Gasteiger charge is -2.11. The zero-order chi connectivity index (χ0) is 21.5. The normalized spacial score (nSPS) is 10.5. The number of aromatic nitrogens is 3. The molecular formula is C24H22N4O3. The molecule has 1 amide bonds. The molecule has 0 spiro atoms. The fourth-order valence-corrected chi connectivity index (χ4v) is 3.06. The topological polar surface area (TPSA) is 89.1 Å². The molecule has 0 radical (unpaired) electrons. The van der Waals surface area contributed by atoms with Gasteiger partial charge in [0.05, 0.1) is 24.1 Å². The fraction of sp³-hybridized carbons (Fsp3) is 0.125. The molecule has 0 aliphatic carbocycles. The van der Waals surface area contributed by atoms with Gasteiger partial charge in [0, 0.05) is 24.4 Å². The molecule has 0 bridgehead atoms. The Balaban J connectivity index is 1.38. The van der Waals surface area contributed by atoms with Gasteiger partial charge in [-0.25, -0.2) is 4.98 Å². The lowest BCUT2D eigenvalue weighted by atomic mass is 10.1. The predicted molar refractivity (Wildman–Crippen MR) is 117 cm³/mol. The molecule has 7 heteroatoms. The van der Waals surface area contributed by atoms with Gasteiger partial charge in [0.15, 0.2) is 11.5 Å². The summed E-state index contributed by atoms with van der Waals surface area (Å²) in [5.74, 6) is 1.51. The van der Waals surface area contributed by atoms with Crippen LogP contribution in [0.1, 0.15) is 22.8 Å². The summed E-state index contributed by atoms with van der Waals surface area (Å²) in [5, 5.41) is 9.82. The highest BCUT2D eigenvalue weighted by Gasteiger charge is 2.15. The smallest absolute Gasteiger partial charge is 0.255 e. The van der Waals surface area contributed by atoms with Crippen LogP contribution in [0.2, 0.25) is 0 Å². The summed E-state index contributed by atoms with van der Waals surface area (Å²) in [5.41, 5.74) is 2.93. The van der Waals surface area contributed by atoms with E-state index < -0.39 is 0 Å². The Hall–Kier alpha value is -4.13. The van der Waals surface area contributed by atoms with E-state index >= 15 is 0 Å². The van der Waals surface area contributed by atoms with Gasteiger partial charge in [-0.2, -0.15) is 5.10 Å². The molecule has 4 aromatic rings. The number of para-hydroxylation sites is 2. The molecular weight excluding hydrogens is 392 g/mol. The third kappa shape index (κ3) is 4.90. The number of H-pyrrole nitrogens is 1. The lowest BCUT2D eigenvalue weighted by Crippen LogP contribution is -2.23. The maximum atomic E-state index is 12.7. The lowest BCUT2D eigenvalue weighted by molar-refractivity contribution is 0.0951. The summed E-state index contributed by atoms with van der Waals surface area (Å²) in [7, 11) is 0. The van der Waals surface area contributed by atoms with E-state index in [1.165, 1.54) is 6.20 Å². The largest absolute Gasteiger partial charge is 0.490 e. The molecule has 0 unspecified atom stereocenters. The summed E-state index contributed by atoms with van der Waals surface area (Å²) >= 11 is 0. The molecule has 0 aliphatic rings. The first-order chi connectivity index (χ1) is 15.2. The molecule has 0 saturated heterocycles. The standard InChI is InChI=1S/C24H22N4O3/c1-2-30-20-10-6-7-11-21(20)31-22-13-12-17(14-25-22)15-26-24(29)19-16-27-28-23(19)18-8-4-3-5-9-18/h3-14,16H,2,15H2,1H3,(H,26,29)(H,27,28). The van der Waals surface area contributed by atoms with Gasteiger partial charge in [-0.05, 0) is 24.6 Å². The predicted octanol–water partition coefficient (Wildman–Crippen LogP) is 4.59. The van der Waals surface area contributed by atoms with Crippen LogP contribution in [0.4, 0.5) is 0 Å². The summed E-state index contributed by atoms with van der Waals surface area (Å²) < 4.78 is 11.4. The number of rotatable bonds is 8. The fourth-order valence-electron chi connectivity index (χ4n) is 3.06. The number of ether oxygens (including phenoxy) is 2. The number of pyridine rings is 1. The molecule has 0 fully saturated rings. The van der Waals surface area contributed by atoms with E-state index in [2.05, 4.69) is 20.5 Å². The summed E-state index contributed by atoms with van der Waals surface area (Å²) in [6, 6.07) is 20.7. The number of aromatic amines is 1. The first-order valence-corrected chi connectivity index (χ1v) is 9.96. The van der Waals surface area contributed by atoms with Crippen LogP contribution >= 0.6 is 0 Å². The van der Waals surface area contributed by atoms with Crippen molar-refractivity contribution in [3.8, 4) is 28.6 Å². The van der Waals surface area contributed by atoms with Crippen LogP contribution in [-0.4, -0.2) is 27.7 Å². The second-order valence-corrected chi connectivity index (χ2v) is 6.69. The number of carbonyl (C=O) groups excluding carboxylic acids is 1. The van der Waals surface area contributed by atoms with Crippen LogP contribution < -0.4 is 14.8 Å². The monoisotopic (exact) mass is 414 g/mol. The molecule has 0 atom stereocenters. The Morgan fingerprint density at radius 3 is 2.48 bits per heavy atom. The van der Waals surface area contributed by atoms with Gasteiger partial charge in [-0.3, -0.25) is 9.89 Å². The van der Waals surface area contributed by atoms with Crippen LogP contribution in [0.15, 0.2) is 79.1 Å². The van der Waals surface area contributed by atoms with Gasteiger partial charge < -0.3 is 14.8 Å². The third-order valence-electron chi connectivity index (χ3n) is 4.56. The minimum atomic E-state index is -0.210. The molecule has 7 nitrogen and oxygen atoms in total. The van der Waals surface area contributed by atoms with Crippen molar-refractivity contribution < 1.29 is 14.3 Å². The van der Waals surface area contributed by atoms with Crippen molar-refractivity contribution in [2.45, 2.75) is 13.5 Å². The van der Waals surface area contributed by atoms with Gasteiger partial charge in [-0.15, -0.1) is 0 Å². The number of hydrogen-bond acceptors (Lipinski definition) is 5. The Labute approximate surface area is 180 Å². The van der Waals surface area contributed by atoms with Crippen LogP contribution in [0, 0.1) is 0 Å². The van der Waals surface area contributed by atoms with E-state index in [0.717, 1.165) is 11.1 Å². The SMILES string of the molecule is CCOc1ccccc1Oc1ccc(CNC(=O)c2cn[nH]c2-c2ccccc2)cn1. The van der Waals surface area contributed by atoms with E-state index in [1.54, 1.807) is 12.3 Å². The van der Waals surface area contributed by atoms with Crippen LogP contribution in [-0.2, 0) is 6.54 Å². The summed E-state index contributed by atoms with van der Waals surface area (Å²) in [6.07, 6.45) is 3.20. The molecule has 2 aromatic carbocycles. The third-order valence-corrected chi connectivity index (χ3v) is 4.56. The zero-order valence-corrected chi connectivity index (χ0v) is 17.0. The van der Waals surface area contributed by atoms with Crippen molar-refractivity contribution >= 4 is 5.91 Å². The van der Waals surface area contributed by atoms with Crippen LogP contribution in [0.5, 0.6) is 17.4 Å². The number of benzene rings is 2. The first-order valence-electron chi connectivity index (χ1n) is 9.96. The van der Waals surface area contributed by atoms with Crippen LogP contribution in [0.3, 0.4) is 0 Å². The van der Waals surface area contributed by atoms with Gasteiger partial charge in [0.25, 0.3) is 5.91 Å². The zero-order valence-electron chi connectivity index (χ0n) is 17.0. The minimum Gasteiger partial charge on any atom is -0.490 e. The number of carbonyl (C=O) groups is 1. The Morgan fingerprint density at radius 1 is 0.968 bits per heavy atom. The number of nitrogens with one attached hydrogen (secondary N) is 2. The molecule has 0 saturated carbocycles. The van der Waals surface area contributed by atoms with Crippen molar-refractivity contribution in [1.82, 2.24) is 20.5 Å². The molecule has 4 rings (SSSR count). The van der Waals surface area contributed by atoms with E-state index in [0.29, 0.717) is 41.8 Å². The maximum Gasteiger partial charge on any atom is 0.255 e. The van der Waals surface area contributed by atoms with Crippen molar-refractivity contribution in [3.63, 3.8) is 0 Å². The van der Waals surface area contributed by atoms with E-state index in [-0.39, 0.29) is 5.91 Å². The van der Waals surface area contributed by atoms with Gasteiger partial charge in [0.1, 0.15) is 0 Å². The van der Waals surface area contributed by atoms with Gasteiger partial charge in [-0.1, -0.05) is 48.5 Å². The maximum absolute atomic E-state index is 12.7. The number of amides is 1. The second-order valence-electron chi connectivity index (χ2n) is 6.69. The quantitative estimate of drug-likeness (QED) is 0.440. The highest BCUT2D eigenvalue weighted by atomic mass is 16.5. The summed E-state index contributed by atoms with van der Waals surface area (Å²) in [4.78, 5) is 17.0. The molecule has 0 aliphatic heterocycles. The Kier molecular flexibility index (Phi) is 6.23.